The van der Waals surface area contributed by atoms with Crippen LogP contribution in [0.4, 0.5) is 0 Å². The number of fused-ring (bicyclic) bond motifs is 16. The highest BCUT2D eigenvalue weighted by molar-refractivity contribution is 7.26. The zero-order valence-electron chi connectivity index (χ0n) is 34.1. The van der Waals surface area contributed by atoms with E-state index in [2.05, 4.69) is 218 Å². The average molecular weight is 833 g/mol. The van der Waals surface area contributed by atoms with Gasteiger partial charge in [0, 0.05) is 40.3 Å². The summed E-state index contributed by atoms with van der Waals surface area (Å²) in [6.45, 7) is 0. The molecule has 12 aromatic rings. The molecule has 63 heavy (non-hydrogen) atoms. The lowest BCUT2D eigenvalue weighted by Crippen LogP contribution is -2.25. The van der Waals surface area contributed by atoms with Crippen molar-refractivity contribution in [1.29, 1.82) is 0 Å². The van der Waals surface area contributed by atoms with Gasteiger partial charge in [0.2, 0.25) is 0 Å². The third-order valence-electron chi connectivity index (χ3n) is 13.9. The quantitative estimate of drug-likeness (QED) is 0.166. The molecule has 0 amide bonds. The molecule has 0 N–H and O–H groups in total. The van der Waals surface area contributed by atoms with Crippen LogP contribution in [0.5, 0.6) is 0 Å². The van der Waals surface area contributed by atoms with Crippen LogP contribution in [0.3, 0.4) is 0 Å². The Labute approximate surface area is 373 Å². The van der Waals surface area contributed by atoms with Crippen LogP contribution in [0.25, 0.3) is 107 Å². The summed E-state index contributed by atoms with van der Waals surface area (Å²) in [6.07, 6.45) is 0. The molecule has 0 saturated heterocycles. The molecular weight excluding hydrogens is 797 g/mol. The Balaban J connectivity index is 0.963. The Kier molecular flexibility index (Phi) is 7.45. The van der Waals surface area contributed by atoms with Crippen molar-refractivity contribution in [2.45, 2.75) is 5.41 Å². The van der Waals surface area contributed by atoms with E-state index in [-0.39, 0.29) is 0 Å². The Morgan fingerprint density at radius 2 is 0.587 bits per heavy atom. The van der Waals surface area contributed by atoms with Gasteiger partial charge in [-0.3, -0.25) is 0 Å². The summed E-state index contributed by atoms with van der Waals surface area (Å²) in [5, 5.41) is 5.31. The maximum absolute atomic E-state index is 2.42. The van der Waals surface area contributed by atoms with E-state index in [1.807, 2.05) is 22.7 Å². The molecule has 0 unspecified atom stereocenters. The van der Waals surface area contributed by atoms with Gasteiger partial charge in [-0.2, -0.15) is 0 Å². The third kappa shape index (κ3) is 4.85. The Hall–Kier alpha value is -7.36. The van der Waals surface area contributed by atoms with Gasteiger partial charge in [0.1, 0.15) is 0 Å². The maximum atomic E-state index is 2.42. The molecule has 0 saturated carbocycles. The zero-order chi connectivity index (χ0) is 41.2. The minimum absolute atomic E-state index is 0.468. The van der Waals surface area contributed by atoms with Crippen molar-refractivity contribution in [3.63, 3.8) is 0 Å². The Morgan fingerprint density at radius 1 is 0.254 bits per heavy atom. The Bertz CT molecular complexity index is 3620. The normalized spacial score (nSPS) is 13.2. The topological polar surface area (TPSA) is 0 Å². The van der Waals surface area contributed by atoms with Crippen LogP contribution in [0.15, 0.2) is 218 Å². The zero-order valence-corrected chi connectivity index (χ0v) is 35.7. The molecule has 0 atom stereocenters. The van der Waals surface area contributed by atoms with Crippen molar-refractivity contribution in [3.05, 3.63) is 241 Å². The molecule has 0 radical (unpaired) electrons. The first kappa shape index (κ1) is 35.3. The highest BCUT2D eigenvalue weighted by Crippen LogP contribution is 2.65. The monoisotopic (exact) mass is 832 g/mol. The minimum atomic E-state index is -0.468. The smallest absolute Gasteiger partial charge is 0.0725 e. The van der Waals surface area contributed by atoms with Gasteiger partial charge in [0.05, 0.1) is 5.41 Å². The van der Waals surface area contributed by atoms with Crippen LogP contribution >= 0.6 is 22.7 Å². The summed E-state index contributed by atoms with van der Waals surface area (Å²) in [7, 11) is 0. The number of hydrogen-bond donors (Lipinski definition) is 0. The molecular formula is C61H36S2. The first-order chi connectivity index (χ1) is 31.3. The van der Waals surface area contributed by atoms with Crippen LogP contribution in [0, 0.1) is 0 Å². The molecule has 0 fully saturated rings. The fourth-order valence-corrected chi connectivity index (χ4v) is 13.9. The largest absolute Gasteiger partial charge is 0.135 e. The third-order valence-corrected chi connectivity index (χ3v) is 16.4. The minimum Gasteiger partial charge on any atom is -0.135 e. The molecule has 1 spiro atoms. The number of rotatable bonds is 4. The molecule has 2 aliphatic carbocycles. The number of hydrogen-bond acceptors (Lipinski definition) is 2. The van der Waals surface area contributed by atoms with Gasteiger partial charge >= 0.3 is 0 Å². The highest BCUT2D eigenvalue weighted by atomic mass is 32.1. The summed E-state index contributed by atoms with van der Waals surface area (Å²) in [4.78, 5) is 0. The standard InChI is InChI=1S/C61H36S2/c1-5-29-51-49(21-1)57-41(37-15-9-17-39(35-37)43-25-11-27-47-45-19-3-7-33-55(45)62-59(43)47)23-13-31-53(57)61(51)52-30-6-2-22-50(52)58-42(24-14-32-54(58)61)38-16-10-18-40(36-38)44-26-12-28-48-46-20-4-8-34-56(46)63-60(44)48/h1-36H. The van der Waals surface area contributed by atoms with Crippen LogP contribution in [0.1, 0.15) is 22.3 Å². The van der Waals surface area contributed by atoms with Gasteiger partial charge in [-0.1, -0.05) is 194 Å². The van der Waals surface area contributed by atoms with Gasteiger partial charge in [-0.15, -0.1) is 22.7 Å². The fraction of sp³-hybridized carbons (Fsp3) is 0.0164. The molecule has 292 valence electrons. The molecule has 2 heteroatoms. The summed E-state index contributed by atoms with van der Waals surface area (Å²) >= 11 is 3.79. The molecule has 14 rings (SSSR count). The van der Waals surface area contributed by atoms with Gasteiger partial charge < -0.3 is 0 Å². The first-order valence-corrected chi connectivity index (χ1v) is 23.4. The Morgan fingerprint density at radius 3 is 1.08 bits per heavy atom. The fourth-order valence-electron chi connectivity index (χ4n) is 11.4. The van der Waals surface area contributed by atoms with Gasteiger partial charge in [0.25, 0.3) is 0 Å². The van der Waals surface area contributed by atoms with Gasteiger partial charge in [0.15, 0.2) is 0 Å². The summed E-state index contributed by atoms with van der Waals surface area (Å²) in [6, 6.07) is 82.2. The van der Waals surface area contributed by atoms with Crippen molar-refractivity contribution in [2.24, 2.45) is 0 Å². The molecule has 0 nitrogen and oxygen atoms in total. The van der Waals surface area contributed by atoms with Crippen LogP contribution < -0.4 is 0 Å². The van der Waals surface area contributed by atoms with Crippen molar-refractivity contribution in [2.75, 3.05) is 0 Å². The first-order valence-electron chi connectivity index (χ1n) is 21.7. The van der Waals surface area contributed by atoms with E-state index in [0.29, 0.717) is 0 Å². The van der Waals surface area contributed by atoms with Crippen molar-refractivity contribution in [1.82, 2.24) is 0 Å². The van der Waals surface area contributed by atoms with E-state index in [1.54, 1.807) is 0 Å². The molecule has 10 aromatic carbocycles. The van der Waals surface area contributed by atoms with Gasteiger partial charge in [-0.05, 0) is 113 Å². The molecule has 2 aliphatic rings. The van der Waals surface area contributed by atoms with E-state index in [1.165, 1.54) is 129 Å². The van der Waals surface area contributed by atoms with E-state index in [0.717, 1.165) is 0 Å². The van der Waals surface area contributed by atoms with E-state index >= 15 is 0 Å². The van der Waals surface area contributed by atoms with E-state index in [9.17, 15) is 0 Å². The van der Waals surface area contributed by atoms with Crippen LogP contribution in [-0.2, 0) is 5.41 Å². The average Bonchev–Trinajstić information content (AvgIpc) is 4.09. The summed E-state index contributed by atoms with van der Waals surface area (Å²) < 4.78 is 5.35. The SMILES string of the molecule is c1cc(-c2cccc3c2-c2ccccc2C32c3ccccc3-c3c(-c4cccc(-c5cccc6c5sc5ccccc56)c4)cccc32)cc(-c2cccc3c2sc2ccccc23)c1. The predicted molar refractivity (Wildman–Crippen MR) is 270 cm³/mol. The van der Waals surface area contributed by atoms with E-state index in [4.69, 9.17) is 0 Å². The lowest BCUT2D eigenvalue weighted by Gasteiger charge is -2.30. The van der Waals surface area contributed by atoms with E-state index < -0.39 is 5.41 Å². The second-order valence-corrected chi connectivity index (χ2v) is 19.1. The lowest BCUT2D eigenvalue weighted by atomic mass is 9.70. The maximum Gasteiger partial charge on any atom is 0.0725 e. The highest BCUT2D eigenvalue weighted by Gasteiger charge is 2.52. The van der Waals surface area contributed by atoms with Crippen molar-refractivity contribution >= 4 is 63.0 Å². The van der Waals surface area contributed by atoms with Crippen molar-refractivity contribution < 1.29 is 0 Å². The molecule has 0 aliphatic heterocycles. The summed E-state index contributed by atoms with van der Waals surface area (Å²) in [5.74, 6) is 0. The molecule has 2 heterocycles. The molecule has 2 aromatic heterocycles. The second kappa shape index (κ2) is 13.3. The number of benzene rings is 10. The van der Waals surface area contributed by atoms with Gasteiger partial charge in [-0.25, -0.2) is 0 Å². The summed E-state index contributed by atoms with van der Waals surface area (Å²) in [5.41, 5.74) is 20.3. The number of thiophene rings is 2. The van der Waals surface area contributed by atoms with Crippen LogP contribution in [0.2, 0.25) is 0 Å². The predicted octanol–water partition coefficient (Wildman–Crippen LogP) is 17.4. The lowest BCUT2D eigenvalue weighted by molar-refractivity contribution is 0.794. The second-order valence-electron chi connectivity index (χ2n) is 17.0. The van der Waals surface area contributed by atoms with Crippen LogP contribution in [-0.4, -0.2) is 0 Å². The van der Waals surface area contributed by atoms with Crippen molar-refractivity contribution in [3.8, 4) is 66.8 Å². The molecule has 0 bridgehead atoms.